The molecule has 0 radical (unpaired) electrons. The molecule has 0 bridgehead atoms. The van der Waals surface area contributed by atoms with E-state index in [0.717, 1.165) is 0 Å². The highest BCUT2D eigenvalue weighted by atomic mass is 35.5. The van der Waals surface area contributed by atoms with Crippen LogP contribution in [0.1, 0.15) is 16.9 Å². The molecule has 1 aromatic carbocycles. The largest absolute Gasteiger partial charge is 0.469 e. The number of benzene rings is 1. The van der Waals surface area contributed by atoms with Crippen molar-refractivity contribution in [3.63, 3.8) is 0 Å². The van der Waals surface area contributed by atoms with Gasteiger partial charge in [-0.3, -0.25) is 9.59 Å². The first-order chi connectivity index (χ1) is 12.6. The van der Waals surface area contributed by atoms with Crippen molar-refractivity contribution in [1.82, 2.24) is 15.1 Å². The lowest BCUT2D eigenvalue weighted by atomic mass is 10.2. The summed E-state index contributed by atoms with van der Waals surface area (Å²) < 4.78 is 11.6. The molecule has 3 aromatic rings. The lowest BCUT2D eigenvalue weighted by Gasteiger charge is -2.06. The molecule has 2 heterocycles. The number of aromatic nitrogens is 2. The van der Waals surface area contributed by atoms with E-state index < -0.39 is 11.9 Å². The summed E-state index contributed by atoms with van der Waals surface area (Å²) in [5.41, 5.74) is 1.49. The zero-order valence-electron chi connectivity index (χ0n) is 13.9. The third-order valence-corrected chi connectivity index (χ3v) is 3.85. The molecule has 0 aliphatic heterocycles. The Morgan fingerprint density at radius 3 is 2.81 bits per heavy atom. The molecule has 0 spiro atoms. The van der Waals surface area contributed by atoms with E-state index in [4.69, 9.17) is 16.0 Å². The van der Waals surface area contributed by atoms with Gasteiger partial charge in [0.05, 0.1) is 25.5 Å². The fourth-order valence-electron chi connectivity index (χ4n) is 2.37. The third kappa shape index (κ3) is 3.94. The minimum Gasteiger partial charge on any atom is -0.469 e. The van der Waals surface area contributed by atoms with Gasteiger partial charge in [-0.2, -0.15) is 5.10 Å². The van der Waals surface area contributed by atoms with Crippen LogP contribution in [0.5, 0.6) is 0 Å². The fraction of sp³-hybridized carbons (Fsp3) is 0.167. The number of amides is 1. The molecule has 0 atom stereocenters. The van der Waals surface area contributed by atoms with Crippen molar-refractivity contribution < 1.29 is 18.7 Å². The summed E-state index contributed by atoms with van der Waals surface area (Å²) in [4.78, 5) is 23.5. The van der Waals surface area contributed by atoms with E-state index in [1.54, 1.807) is 47.3 Å². The number of rotatable bonds is 6. The summed E-state index contributed by atoms with van der Waals surface area (Å²) >= 11 is 6.07. The number of nitrogens with zero attached hydrogens (tertiary/aromatic N) is 2. The standard InChI is InChI=1S/C18H16ClN3O4/c1-25-17(23)7-8-20-18(24)14-11-15(16-6-3-9-26-16)22(21-14)13-5-2-4-12(19)10-13/h2-6,9-11H,7-8H2,1H3,(H,20,24). The van der Waals surface area contributed by atoms with Crippen LogP contribution in [0.2, 0.25) is 5.02 Å². The number of ether oxygens (including phenoxy) is 1. The second-order valence-corrected chi connectivity index (χ2v) is 5.80. The van der Waals surface area contributed by atoms with Crippen molar-refractivity contribution in [1.29, 1.82) is 0 Å². The van der Waals surface area contributed by atoms with E-state index in [1.807, 2.05) is 6.07 Å². The average molecular weight is 374 g/mol. The summed E-state index contributed by atoms with van der Waals surface area (Å²) in [5.74, 6) is -0.236. The molecule has 1 amide bonds. The maximum Gasteiger partial charge on any atom is 0.307 e. The minimum absolute atomic E-state index is 0.0856. The van der Waals surface area contributed by atoms with Gasteiger partial charge in [0.25, 0.3) is 5.91 Å². The summed E-state index contributed by atoms with van der Waals surface area (Å²) in [6.45, 7) is 0.158. The maximum atomic E-state index is 12.4. The Kier molecular flexibility index (Phi) is 5.38. The van der Waals surface area contributed by atoms with E-state index in [-0.39, 0.29) is 18.7 Å². The van der Waals surface area contributed by atoms with Gasteiger partial charge in [0, 0.05) is 17.6 Å². The van der Waals surface area contributed by atoms with Crippen LogP contribution in [0, 0.1) is 0 Å². The molecular formula is C18H16ClN3O4. The number of halogens is 1. The van der Waals surface area contributed by atoms with E-state index in [1.165, 1.54) is 7.11 Å². The van der Waals surface area contributed by atoms with E-state index >= 15 is 0 Å². The monoisotopic (exact) mass is 373 g/mol. The van der Waals surface area contributed by atoms with Gasteiger partial charge >= 0.3 is 5.97 Å². The average Bonchev–Trinajstić information content (AvgIpc) is 3.30. The topological polar surface area (TPSA) is 86.4 Å². The van der Waals surface area contributed by atoms with Crippen molar-refractivity contribution in [2.45, 2.75) is 6.42 Å². The molecule has 0 aliphatic rings. The smallest absolute Gasteiger partial charge is 0.307 e. The molecule has 0 fully saturated rings. The van der Waals surface area contributed by atoms with Gasteiger partial charge in [0.15, 0.2) is 11.5 Å². The maximum absolute atomic E-state index is 12.4. The van der Waals surface area contributed by atoms with E-state index in [0.29, 0.717) is 22.2 Å². The molecule has 26 heavy (non-hydrogen) atoms. The number of furan rings is 1. The quantitative estimate of drug-likeness (QED) is 0.671. The Balaban J connectivity index is 1.89. The molecule has 7 nitrogen and oxygen atoms in total. The van der Waals surface area contributed by atoms with Gasteiger partial charge in [-0.1, -0.05) is 17.7 Å². The molecule has 0 saturated heterocycles. The molecule has 0 unspecified atom stereocenters. The molecule has 2 aromatic heterocycles. The summed E-state index contributed by atoms with van der Waals surface area (Å²) in [5, 5.41) is 7.55. The van der Waals surface area contributed by atoms with Crippen molar-refractivity contribution in [3.8, 4) is 17.1 Å². The van der Waals surface area contributed by atoms with Crippen LogP contribution in [-0.4, -0.2) is 35.3 Å². The van der Waals surface area contributed by atoms with Crippen molar-refractivity contribution >= 4 is 23.5 Å². The minimum atomic E-state index is -0.400. The first kappa shape index (κ1) is 17.8. The summed E-state index contributed by atoms with van der Waals surface area (Å²) in [7, 11) is 1.30. The predicted molar refractivity (Wildman–Crippen MR) is 95.2 cm³/mol. The second kappa shape index (κ2) is 7.88. The Labute approximate surface area is 154 Å². The highest BCUT2D eigenvalue weighted by molar-refractivity contribution is 6.30. The second-order valence-electron chi connectivity index (χ2n) is 5.37. The van der Waals surface area contributed by atoms with Gasteiger partial charge < -0.3 is 14.5 Å². The third-order valence-electron chi connectivity index (χ3n) is 3.61. The van der Waals surface area contributed by atoms with Crippen LogP contribution < -0.4 is 5.32 Å². The van der Waals surface area contributed by atoms with Crippen molar-refractivity contribution in [2.75, 3.05) is 13.7 Å². The first-order valence-electron chi connectivity index (χ1n) is 7.83. The fourth-order valence-corrected chi connectivity index (χ4v) is 2.55. The van der Waals surface area contributed by atoms with Crippen molar-refractivity contribution in [2.24, 2.45) is 0 Å². The van der Waals surface area contributed by atoms with Gasteiger partial charge in [-0.05, 0) is 30.3 Å². The van der Waals surface area contributed by atoms with Crippen LogP contribution in [0.25, 0.3) is 17.1 Å². The van der Waals surface area contributed by atoms with Crippen LogP contribution >= 0.6 is 11.6 Å². The first-order valence-corrected chi connectivity index (χ1v) is 8.21. The Morgan fingerprint density at radius 1 is 1.27 bits per heavy atom. The van der Waals surface area contributed by atoms with Crippen molar-refractivity contribution in [3.05, 3.63) is 59.4 Å². The highest BCUT2D eigenvalue weighted by Gasteiger charge is 2.18. The Morgan fingerprint density at radius 2 is 2.12 bits per heavy atom. The number of carbonyl (C=O) groups excluding carboxylic acids is 2. The van der Waals surface area contributed by atoms with Crippen LogP contribution in [0.15, 0.2) is 53.1 Å². The van der Waals surface area contributed by atoms with Gasteiger partial charge in [0.1, 0.15) is 5.69 Å². The molecular weight excluding hydrogens is 358 g/mol. The number of methoxy groups -OCH3 is 1. The van der Waals surface area contributed by atoms with Gasteiger partial charge in [-0.15, -0.1) is 0 Å². The zero-order valence-corrected chi connectivity index (χ0v) is 14.7. The summed E-state index contributed by atoms with van der Waals surface area (Å²) in [6, 6.07) is 12.2. The number of hydrogen-bond donors (Lipinski definition) is 1. The molecule has 134 valence electrons. The number of hydrogen-bond acceptors (Lipinski definition) is 5. The predicted octanol–water partition coefficient (Wildman–Crippen LogP) is 3.08. The zero-order chi connectivity index (χ0) is 18.5. The van der Waals surface area contributed by atoms with Crippen LogP contribution in [-0.2, 0) is 9.53 Å². The molecule has 8 heteroatoms. The van der Waals surface area contributed by atoms with Gasteiger partial charge in [0.2, 0.25) is 0 Å². The van der Waals surface area contributed by atoms with E-state index in [2.05, 4.69) is 15.2 Å². The lowest BCUT2D eigenvalue weighted by molar-refractivity contribution is -0.140. The van der Waals surface area contributed by atoms with Crippen LogP contribution in [0.4, 0.5) is 0 Å². The normalized spacial score (nSPS) is 10.5. The Bertz CT molecular complexity index is 918. The molecule has 0 saturated carbocycles. The number of carbonyl (C=O) groups is 2. The SMILES string of the molecule is COC(=O)CCNC(=O)c1cc(-c2ccco2)n(-c2cccc(Cl)c2)n1. The highest BCUT2D eigenvalue weighted by Crippen LogP contribution is 2.25. The number of esters is 1. The molecule has 1 N–H and O–H groups in total. The van der Waals surface area contributed by atoms with Crippen LogP contribution in [0.3, 0.4) is 0 Å². The molecule has 3 rings (SSSR count). The van der Waals surface area contributed by atoms with Gasteiger partial charge in [-0.25, -0.2) is 4.68 Å². The molecule has 0 aliphatic carbocycles. The Hall–Kier alpha value is -3.06. The number of nitrogens with one attached hydrogen (secondary N) is 1. The summed E-state index contributed by atoms with van der Waals surface area (Å²) in [6.07, 6.45) is 1.63. The lowest BCUT2D eigenvalue weighted by Crippen LogP contribution is -2.26. The van der Waals surface area contributed by atoms with E-state index in [9.17, 15) is 9.59 Å².